The van der Waals surface area contributed by atoms with Gasteiger partial charge >= 0.3 is 6.18 Å². The Morgan fingerprint density at radius 3 is 2.67 bits per heavy atom. The number of anilines is 1. The highest BCUT2D eigenvalue weighted by molar-refractivity contribution is 5.59. The molecule has 1 aromatic heterocycles. The number of nitrogens with zero attached hydrogens (tertiary/aromatic N) is 4. The van der Waals surface area contributed by atoms with Crippen molar-refractivity contribution in [2.45, 2.75) is 12.6 Å². The largest absolute Gasteiger partial charge is 0.416 e. The molecule has 1 saturated heterocycles. The Hall–Kier alpha value is -2.22. The molecular formula is C16H17F3N4O. The molecular weight excluding hydrogens is 321 g/mol. The Bertz CT molecular complexity index is 690. The monoisotopic (exact) mass is 338 g/mol. The second kappa shape index (κ2) is 6.72. The highest BCUT2D eigenvalue weighted by atomic mass is 19.4. The lowest BCUT2D eigenvalue weighted by molar-refractivity contribution is -0.137. The predicted molar refractivity (Wildman–Crippen MR) is 82.5 cm³/mol. The van der Waals surface area contributed by atoms with Gasteiger partial charge in [0.2, 0.25) is 5.95 Å². The molecule has 2 heterocycles. The van der Waals surface area contributed by atoms with Crippen LogP contribution in [0.25, 0.3) is 11.3 Å². The van der Waals surface area contributed by atoms with Gasteiger partial charge in [0.05, 0.1) is 24.1 Å². The van der Waals surface area contributed by atoms with Crippen LogP contribution in [-0.2, 0) is 10.9 Å². The number of ether oxygens (including phenoxy) is 1. The van der Waals surface area contributed by atoms with Crippen molar-refractivity contribution in [2.24, 2.45) is 5.92 Å². The summed E-state index contributed by atoms with van der Waals surface area (Å²) < 4.78 is 43.1. The molecule has 2 aromatic rings. The number of hydrogen-bond donors (Lipinski definition) is 0. The molecule has 5 nitrogen and oxygen atoms in total. The highest BCUT2D eigenvalue weighted by Gasteiger charge is 2.30. The van der Waals surface area contributed by atoms with E-state index >= 15 is 0 Å². The van der Waals surface area contributed by atoms with Gasteiger partial charge in [0.15, 0.2) is 0 Å². The summed E-state index contributed by atoms with van der Waals surface area (Å²) in [5, 5.41) is 7.98. The van der Waals surface area contributed by atoms with Gasteiger partial charge in [-0.1, -0.05) is 12.1 Å². The summed E-state index contributed by atoms with van der Waals surface area (Å²) >= 11 is 0. The van der Waals surface area contributed by atoms with Crippen LogP contribution in [0, 0.1) is 5.92 Å². The van der Waals surface area contributed by atoms with Crippen LogP contribution >= 0.6 is 0 Å². The number of methoxy groups -OCH3 is 1. The van der Waals surface area contributed by atoms with Crippen molar-refractivity contribution in [1.82, 2.24) is 15.2 Å². The van der Waals surface area contributed by atoms with Gasteiger partial charge in [-0.05, 0) is 18.6 Å². The second-order valence-corrected chi connectivity index (χ2v) is 5.77. The van der Waals surface area contributed by atoms with Crippen LogP contribution in [0.4, 0.5) is 19.1 Å². The van der Waals surface area contributed by atoms with E-state index in [1.165, 1.54) is 18.3 Å². The van der Waals surface area contributed by atoms with E-state index in [2.05, 4.69) is 15.2 Å². The van der Waals surface area contributed by atoms with E-state index in [0.29, 0.717) is 29.7 Å². The first kappa shape index (κ1) is 16.6. The van der Waals surface area contributed by atoms with Crippen LogP contribution in [-0.4, -0.2) is 42.0 Å². The second-order valence-electron chi connectivity index (χ2n) is 5.77. The standard InChI is InChI=1S/C16H17F3N4O/c1-24-10-11-6-7-23(9-11)15-21-14(8-20-22-15)12-2-4-13(5-3-12)16(17,18)19/h2-5,8,11H,6-7,9-10H2,1H3/t11-/m1/s1. The zero-order valence-corrected chi connectivity index (χ0v) is 13.1. The van der Waals surface area contributed by atoms with E-state index in [1.54, 1.807) is 7.11 Å². The third-order valence-corrected chi connectivity index (χ3v) is 4.03. The SMILES string of the molecule is COC[C@@H]1CCN(c2nncc(-c3ccc(C(F)(F)F)cc3)n2)C1. The first-order valence-corrected chi connectivity index (χ1v) is 7.58. The Morgan fingerprint density at radius 1 is 1.25 bits per heavy atom. The summed E-state index contributed by atoms with van der Waals surface area (Å²) in [5.74, 6) is 0.916. The fraction of sp³-hybridized carbons (Fsp3) is 0.438. The number of aromatic nitrogens is 3. The van der Waals surface area contributed by atoms with Crippen LogP contribution in [0.1, 0.15) is 12.0 Å². The molecule has 0 amide bonds. The molecule has 0 spiro atoms. The molecule has 1 aliphatic rings. The van der Waals surface area contributed by atoms with Gasteiger partial charge in [0, 0.05) is 31.7 Å². The minimum absolute atomic E-state index is 0.424. The molecule has 0 bridgehead atoms. The molecule has 8 heteroatoms. The van der Waals surface area contributed by atoms with E-state index in [0.717, 1.165) is 31.6 Å². The maximum Gasteiger partial charge on any atom is 0.416 e. The average molecular weight is 338 g/mol. The Balaban J connectivity index is 1.78. The molecule has 0 saturated carbocycles. The van der Waals surface area contributed by atoms with Crippen molar-refractivity contribution >= 4 is 5.95 Å². The van der Waals surface area contributed by atoms with Crippen LogP contribution in [0.5, 0.6) is 0 Å². The minimum Gasteiger partial charge on any atom is -0.384 e. The average Bonchev–Trinajstić information content (AvgIpc) is 3.03. The zero-order valence-electron chi connectivity index (χ0n) is 13.1. The maximum absolute atomic E-state index is 12.6. The van der Waals surface area contributed by atoms with Crippen LogP contribution in [0.15, 0.2) is 30.5 Å². The zero-order chi connectivity index (χ0) is 17.2. The van der Waals surface area contributed by atoms with Gasteiger partial charge in [-0.25, -0.2) is 4.98 Å². The maximum atomic E-state index is 12.6. The molecule has 1 aliphatic heterocycles. The summed E-state index contributed by atoms with van der Waals surface area (Å²) in [7, 11) is 1.67. The summed E-state index contributed by atoms with van der Waals surface area (Å²) in [5.41, 5.74) is 0.395. The number of benzene rings is 1. The lowest BCUT2D eigenvalue weighted by atomic mass is 10.1. The Morgan fingerprint density at radius 2 is 2.00 bits per heavy atom. The third kappa shape index (κ3) is 3.64. The third-order valence-electron chi connectivity index (χ3n) is 4.03. The van der Waals surface area contributed by atoms with E-state index in [1.807, 2.05) is 4.90 Å². The van der Waals surface area contributed by atoms with E-state index in [9.17, 15) is 13.2 Å². The number of hydrogen-bond acceptors (Lipinski definition) is 5. The van der Waals surface area contributed by atoms with Crippen molar-refractivity contribution in [1.29, 1.82) is 0 Å². The summed E-state index contributed by atoms with van der Waals surface area (Å²) in [4.78, 5) is 6.46. The predicted octanol–water partition coefficient (Wildman–Crippen LogP) is 3.03. The smallest absolute Gasteiger partial charge is 0.384 e. The summed E-state index contributed by atoms with van der Waals surface area (Å²) in [6.07, 6.45) is -1.91. The molecule has 1 aromatic carbocycles. The number of alkyl halides is 3. The van der Waals surface area contributed by atoms with Crippen molar-refractivity contribution < 1.29 is 17.9 Å². The molecule has 128 valence electrons. The van der Waals surface area contributed by atoms with Gasteiger partial charge in [0.1, 0.15) is 0 Å². The molecule has 1 atom stereocenters. The number of halogens is 3. The fourth-order valence-electron chi connectivity index (χ4n) is 2.78. The highest BCUT2D eigenvalue weighted by Crippen LogP contribution is 2.31. The van der Waals surface area contributed by atoms with Gasteiger partial charge in [-0.15, -0.1) is 5.10 Å². The van der Waals surface area contributed by atoms with Crippen LogP contribution in [0.2, 0.25) is 0 Å². The van der Waals surface area contributed by atoms with Crippen molar-refractivity contribution in [3.63, 3.8) is 0 Å². The quantitative estimate of drug-likeness (QED) is 0.858. The molecule has 0 N–H and O–H groups in total. The normalized spacial score (nSPS) is 18.2. The first-order valence-electron chi connectivity index (χ1n) is 7.58. The molecule has 0 radical (unpaired) electrons. The minimum atomic E-state index is -4.35. The van der Waals surface area contributed by atoms with E-state index < -0.39 is 11.7 Å². The van der Waals surface area contributed by atoms with Crippen LogP contribution in [0.3, 0.4) is 0 Å². The van der Waals surface area contributed by atoms with Crippen molar-refractivity contribution in [3.8, 4) is 11.3 Å². The lowest BCUT2D eigenvalue weighted by Gasteiger charge is -2.16. The van der Waals surface area contributed by atoms with Gasteiger partial charge in [-0.3, -0.25) is 0 Å². The summed E-state index contributed by atoms with van der Waals surface area (Å²) in [6.45, 7) is 2.28. The fourth-order valence-corrected chi connectivity index (χ4v) is 2.78. The lowest BCUT2D eigenvalue weighted by Crippen LogP contribution is -2.23. The Labute approximate surface area is 137 Å². The molecule has 3 rings (SSSR count). The summed E-state index contributed by atoms with van der Waals surface area (Å²) in [6, 6.07) is 4.88. The molecule has 0 aliphatic carbocycles. The molecule has 24 heavy (non-hydrogen) atoms. The van der Waals surface area contributed by atoms with Gasteiger partial charge in [0.25, 0.3) is 0 Å². The van der Waals surface area contributed by atoms with Gasteiger partial charge in [-0.2, -0.15) is 18.3 Å². The molecule has 1 fully saturated rings. The van der Waals surface area contributed by atoms with Crippen molar-refractivity contribution in [2.75, 3.05) is 31.7 Å². The molecule has 0 unspecified atom stereocenters. The van der Waals surface area contributed by atoms with E-state index in [4.69, 9.17) is 4.74 Å². The van der Waals surface area contributed by atoms with Gasteiger partial charge < -0.3 is 9.64 Å². The Kier molecular flexibility index (Phi) is 4.66. The van der Waals surface area contributed by atoms with E-state index in [-0.39, 0.29) is 0 Å². The first-order chi connectivity index (χ1) is 11.5. The number of rotatable bonds is 4. The van der Waals surface area contributed by atoms with Crippen LogP contribution < -0.4 is 4.90 Å². The topological polar surface area (TPSA) is 51.1 Å². The van der Waals surface area contributed by atoms with Crippen molar-refractivity contribution in [3.05, 3.63) is 36.0 Å².